The molecule has 0 bridgehead atoms. The Hall–Kier alpha value is -2.96. The van der Waals surface area contributed by atoms with Gasteiger partial charge in [-0.25, -0.2) is 4.79 Å². The monoisotopic (exact) mass is 381 g/mol. The number of aromatic amines is 1. The van der Waals surface area contributed by atoms with Gasteiger partial charge in [-0.15, -0.1) is 0 Å². The molecule has 28 heavy (non-hydrogen) atoms. The number of hydrogen-bond donors (Lipinski definition) is 2. The zero-order chi connectivity index (χ0) is 19.7. The highest BCUT2D eigenvalue weighted by Gasteiger charge is 2.26. The van der Waals surface area contributed by atoms with Crippen molar-refractivity contribution in [2.24, 2.45) is 0 Å². The summed E-state index contributed by atoms with van der Waals surface area (Å²) in [6.45, 7) is 8.91. The highest BCUT2D eigenvalue weighted by molar-refractivity contribution is 5.92. The fourth-order valence-corrected chi connectivity index (χ4v) is 4.10. The smallest absolute Gasteiger partial charge is 0.318 e. The molecule has 148 valence electrons. The molecule has 7 nitrogen and oxygen atoms in total. The van der Waals surface area contributed by atoms with Gasteiger partial charge in [0.25, 0.3) is 0 Å². The van der Waals surface area contributed by atoms with Gasteiger partial charge in [0.15, 0.2) is 0 Å². The summed E-state index contributed by atoms with van der Waals surface area (Å²) >= 11 is 0. The fraction of sp³-hybridized carbons (Fsp3) is 0.429. The molecule has 1 aliphatic heterocycles. The number of nitrogens with one attached hydrogen (secondary N) is 2. The average molecular weight is 381 g/mol. The SMILES string of the molecule is CCC(NC(=O)N1CCN(c2cccc3[nH]ccc23)CC1)c1c(C)noc1C. The molecule has 3 heterocycles. The number of fused-ring (bicyclic) bond motifs is 1. The van der Waals surface area contributed by atoms with Crippen LogP contribution in [0.2, 0.25) is 0 Å². The maximum absolute atomic E-state index is 12.8. The van der Waals surface area contributed by atoms with Crippen LogP contribution >= 0.6 is 0 Å². The van der Waals surface area contributed by atoms with E-state index in [1.807, 2.05) is 24.9 Å². The summed E-state index contributed by atoms with van der Waals surface area (Å²) in [5.74, 6) is 0.772. The van der Waals surface area contributed by atoms with Crippen LogP contribution in [0.15, 0.2) is 35.0 Å². The summed E-state index contributed by atoms with van der Waals surface area (Å²) in [7, 11) is 0. The molecule has 1 unspecified atom stereocenters. The van der Waals surface area contributed by atoms with Crippen LogP contribution in [0, 0.1) is 13.8 Å². The van der Waals surface area contributed by atoms with E-state index in [4.69, 9.17) is 4.52 Å². The number of aryl methyl sites for hydroxylation is 2. The van der Waals surface area contributed by atoms with E-state index in [0.29, 0.717) is 13.1 Å². The number of amides is 2. The van der Waals surface area contributed by atoms with E-state index >= 15 is 0 Å². The van der Waals surface area contributed by atoms with Crippen molar-refractivity contribution in [3.05, 3.63) is 47.5 Å². The van der Waals surface area contributed by atoms with Crippen molar-refractivity contribution in [2.75, 3.05) is 31.1 Å². The van der Waals surface area contributed by atoms with Gasteiger partial charge in [0, 0.05) is 54.5 Å². The highest BCUT2D eigenvalue weighted by Crippen LogP contribution is 2.27. The zero-order valence-corrected chi connectivity index (χ0v) is 16.7. The number of piperazine rings is 1. The van der Waals surface area contributed by atoms with E-state index in [1.54, 1.807) is 0 Å². The van der Waals surface area contributed by atoms with Crippen LogP contribution < -0.4 is 10.2 Å². The lowest BCUT2D eigenvalue weighted by Crippen LogP contribution is -2.52. The number of anilines is 1. The number of hydrogen-bond acceptors (Lipinski definition) is 4. The number of benzene rings is 1. The lowest BCUT2D eigenvalue weighted by molar-refractivity contribution is 0.190. The van der Waals surface area contributed by atoms with Crippen molar-refractivity contribution >= 4 is 22.6 Å². The molecule has 1 aromatic carbocycles. The van der Waals surface area contributed by atoms with Crippen LogP contribution in [-0.4, -0.2) is 47.3 Å². The minimum absolute atomic E-state index is 0.0219. The van der Waals surface area contributed by atoms with E-state index < -0.39 is 0 Å². The maximum Gasteiger partial charge on any atom is 0.318 e. The molecule has 2 amide bonds. The predicted octanol–water partition coefficient (Wildman–Crippen LogP) is 3.76. The Labute approximate surface area is 164 Å². The normalized spacial score (nSPS) is 15.8. The molecule has 0 aliphatic carbocycles. The van der Waals surface area contributed by atoms with Crippen molar-refractivity contribution in [3.63, 3.8) is 0 Å². The highest BCUT2D eigenvalue weighted by atomic mass is 16.5. The Morgan fingerprint density at radius 3 is 2.71 bits per heavy atom. The second-order valence-electron chi connectivity index (χ2n) is 7.34. The van der Waals surface area contributed by atoms with Gasteiger partial charge in [0.05, 0.1) is 11.7 Å². The molecular formula is C21H27N5O2. The lowest BCUT2D eigenvalue weighted by Gasteiger charge is -2.37. The topological polar surface area (TPSA) is 77.4 Å². The Balaban J connectivity index is 1.41. The first-order valence-corrected chi connectivity index (χ1v) is 9.87. The Kier molecular flexibility index (Phi) is 4.98. The van der Waals surface area contributed by atoms with Crippen molar-refractivity contribution in [1.82, 2.24) is 20.4 Å². The van der Waals surface area contributed by atoms with E-state index in [-0.39, 0.29) is 12.1 Å². The maximum atomic E-state index is 12.8. The van der Waals surface area contributed by atoms with Gasteiger partial charge in [-0.3, -0.25) is 0 Å². The van der Waals surface area contributed by atoms with Crippen LogP contribution in [0.25, 0.3) is 10.9 Å². The molecule has 0 saturated carbocycles. The van der Waals surface area contributed by atoms with Gasteiger partial charge >= 0.3 is 6.03 Å². The van der Waals surface area contributed by atoms with Gasteiger partial charge < -0.3 is 24.6 Å². The zero-order valence-electron chi connectivity index (χ0n) is 16.7. The van der Waals surface area contributed by atoms with E-state index in [0.717, 1.165) is 42.0 Å². The second kappa shape index (κ2) is 7.58. The summed E-state index contributed by atoms with van der Waals surface area (Å²) in [6, 6.07) is 8.32. The van der Waals surface area contributed by atoms with Crippen LogP contribution in [0.3, 0.4) is 0 Å². The largest absolute Gasteiger partial charge is 0.367 e. The molecule has 4 rings (SSSR count). The summed E-state index contributed by atoms with van der Waals surface area (Å²) in [5, 5.41) is 8.41. The molecule has 1 fully saturated rings. The van der Waals surface area contributed by atoms with Crippen molar-refractivity contribution < 1.29 is 9.32 Å². The molecule has 1 saturated heterocycles. The van der Waals surface area contributed by atoms with Gasteiger partial charge in [0.2, 0.25) is 0 Å². The van der Waals surface area contributed by atoms with Gasteiger partial charge in [0.1, 0.15) is 5.76 Å². The molecule has 7 heteroatoms. The standard InChI is InChI=1S/C21H27N5O2/c1-4-17(20-14(2)24-28-15(20)3)23-21(27)26-12-10-25(11-13-26)19-7-5-6-18-16(19)8-9-22-18/h5-9,17,22H,4,10-13H2,1-3H3,(H,23,27). The molecule has 1 aliphatic rings. The first kappa shape index (κ1) is 18.4. The van der Waals surface area contributed by atoms with Crippen LogP contribution in [0.1, 0.15) is 36.4 Å². The number of urea groups is 1. The van der Waals surface area contributed by atoms with Crippen LogP contribution in [0.4, 0.5) is 10.5 Å². The molecule has 0 spiro atoms. The third-order valence-corrected chi connectivity index (χ3v) is 5.62. The van der Waals surface area contributed by atoms with Crippen LogP contribution in [-0.2, 0) is 0 Å². The number of aromatic nitrogens is 2. The predicted molar refractivity (Wildman–Crippen MR) is 110 cm³/mol. The number of rotatable bonds is 4. The third kappa shape index (κ3) is 3.32. The molecular weight excluding hydrogens is 354 g/mol. The minimum atomic E-state index is -0.0783. The molecule has 3 aromatic rings. The quantitative estimate of drug-likeness (QED) is 0.721. The number of nitrogens with zero attached hydrogens (tertiary/aromatic N) is 3. The van der Waals surface area contributed by atoms with Crippen molar-refractivity contribution in [3.8, 4) is 0 Å². The Morgan fingerprint density at radius 2 is 2.04 bits per heavy atom. The molecule has 1 atom stereocenters. The first-order chi connectivity index (χ1) is 13.6. The Morgan fingerprint density at radius 1 is 1.25 bits per heavy atom. The van der Waals surface area contributed by atoms with Gasteiger partial charge in [-0.2, -0.15) is 0 Å². The summed E-state index contributed by atoms with van der Waals surface area (Å²) < 4.78 is 5.27. The van der Waals surface area contributed by atoms with Crippen molar-refractivity contribution in [1.29, 1.82) is 0 Å². The second-order valence-corrected chi connectivity index (χ2v) is 7.34. The molecule has 0 radical (unpaired) electrons. The van der Waals surface area contributed by atoms with E-state index in [2.05, 4.69) is 51.5 Å². The number of carbonyl (C=O) groups is 1. The number of carbonyl (C=O) groups excluding carboxylic acids is 1. The van der Waals surface area contributed by atoms with E-state index in [9.17, 15) is 4.79 Å². The Bertz CT molecular complexity index is 949. The lowest BCUT2D eigenvalue weighted by atomic mass is 10.0. The van der Waals surface area contributed by atoms with Crippen LogP contribution in [0.5, 0.6) is 0 Å². The number of H-pyrrole nitrogens is 1. The molecule has 2 N–H and O–H groups in total. The molecule has 2 aromatic heterocycles. The van der Waals surface area contributed by atoms with Crippen molar-refractivity contribution in [2.45, 2.75) is 33.2 Å². The summed E-state index contributed by atoms with van der Waals surface area (Å²) in [6.07, 6.45) is 2.77. The minimum Gasteiger partial charge on any atom is -0.367 e. The summed E-state index contributed by atoms with van der Waals surface area (Å²) in [5.41, 5.74) is 4.20. The summed E-state index contributed by atoms with van der Waals surface area (Å²) in [4.78, 5) is 20.4. The van der Waals surface area contributed by atoms with Gasteiger partial charge in [-0.05, 0) is 38.5 Å². The van der Waals surface area contributed by atoms with E-state index in [1.165, 1.54) is 11.1 Å². The fourth-order valence-electron chi connectivity index (χ4n) is 4.10. The first-order valence-electron chi connectivity index (χ1n) is 9.87. The average Bonchev–Trinajstić information content (AvgIpc) is 3.32. The van der Waals surface area contributed by atoms with Gasteiger partial charge in [-0.1, -0.05) is 18.1 Å². The third-order valence-electron chi connectivity index (χ3n) is 5.62.